The molecule has 1 aromatic carbocycles. The molecule has 2 aliphatic rings. The SMILES string of the molecule is C[C@@H](NC(=O)[C@H](C)N1C(=O)NC2(CCCC2)C1=O)c1noc(Cc2ccccc2)n1. The summed E-state index contributed by atoms with van der Waals surface area (Å²) in [6, 6.07) is 7.75. The van der Waals surface area contributed by atoms with Crippen molar-refractivity contribution in [2.24, 2.45) is 0 Å². The number of urea groups is 1. The quantitative estimate of drug-likeness (QED) is 0.703. The zero-order chi connectivity index (χ0) is 21.3. The minimum absolute atomic E-state index is 0.315. The van der Waals surface area contributed by atoms with Crippen molar-refractivity contribution in [3.63, 3.8) is 0 Å². The van der Waals surface area contributed by atoms with E-state index in [1.54, 1.807) is 13.8 Å². The molecular weight excluding hydrogens is 386 g/mol. The van der Waals surface area contributed by atoms with E-state index in [-0.39, 0.29) is 5.91 Å². The highest BCUT2D eigenvalue weighted by molar-refractivity contribution is 6.10. The van der Waals surface area contributed by atoms with Crippen molar-refractivity contribution in [2.75, 3.05) is 0 Å². The zero-order valence-electron chi connectivity index (χ0n) is 17.1. The van der Waals surface area contributed by atoms with E-state index in [0.29, 0.717) is 31.0 Å². The van der Waals surface area contributed by atoms with Crippen molar-refractivity contribution in [1.82, 2.24) is 25.7 Å². The summed E-state index contributed by atoms with van der Waals surface area (Å²) in [7, 11) is 0. The van der Waals surface area contributed by atoms with E-state index in [2.05, 4.69) is 20.8 Å². The van der Waals surface area contributed by atoms with E-state index in [1.165, 1.54) is 0 Å². The van der Waals surface area contributed by atoms with Crippen molar-refractivity contribution >= 4 is 17.8 Å². The van der Waals surface area contributed by atoms with E-state index in [1.807, 2.05) is 30.3 Å². The van der Waals surface area contributed by atoms with Crippen molar-refractivity contribution in [2.45, 2.75) is 63.6 Å². The van der Waals surface area contributed by atoms with Crippen LogP contribution in [0.4, 0.5) is 4.79 Å². The molecule has 2 heterocycles. The first-order valence-electron chi connectivity index (χ1n) is 10.2. The Kier molecular flexibility index (Phi) is 5.27. The molecule has 2 aromatic rings. The number of imide groups is 1. The van der Waals surface area contributed by atoms with Crippen LogP contribution < -0.4 is 10.6 Å². The highest BCUT2D eigenvalue weighted by atomic mass is 16.5. The second-order valence-corrected chi connectivity index (χ2v) is 8.01. The van der Waals surface area contributed by atoms with Gasteiger partial charge in [-0.25, -0.2) is 9.69 Å². The Bertz CT molecular complexity index is 951. The molecule has 4 rings (SSSR count). The first-order chi connectivity index (χ1) is 14.4. The number of aromatic nitrogens is 2. The molecular formula is C21H25N5O4. The van der Waals surface area contributed by atoms with Crippen LogP contribution in [0.1, 0.15) is 62.9 Å². The smallest absolute Gasteiger partial charge is 0.325 e. The van der Waals surface area contributed by atoms with Gasteiger partial charge >= 0.3 is 6.03 Å². The number of rotatable bonds is 6. The number of benzene rings is 1. The van der Waals surface area contributed by atoms with Crippen LogP contribution in [0.25, 0.3) is 0 Å². The second-order valence-electron chi connectivity index (χ2n) is 8.01. The van der Waals surface area contributed by atoms with Gasteiger partial charge in [0.2, 0.25) is 11.8 Å². The van der Waals surface area contributed by atoms with Crippen LogP contribution in [0, 0.1) is 0 Å². The molecule has 2 N–H and O–H groups in total. The third-order valence-electron chi connectivity index (χ3n) is 5.85. The van der Waals surface area contributed by atoms with Crippen LogP contribution in [0.5, 0.6) is 0 Å². The number of nitrogens with zero attached hydrogens (tertiary/aromatic N) is 3. The normalized spacial score (nSPS) is 19.7. The summed E-state index contributed by atoms with van der Waals surface area (Å²) < 4.78 is 5.29. The molecule has 4 amide bonds. The summed E-state index contributed by atoms with van der Waals surface area (Å²) in [6.07, 6.45) is 3.51. The predicted molar refractivity (Wildman–Crippen MR) is 106 cm³/mol. The van der Waals surface area contributed by atoms with E-state index in [4.69, 9.17) is 4.52 Å². The topological polar surface area (TPSA) is 117 Å². The van der Waals surface area contributed by atoms with Gasteiger partial charge in [0.15, 0.2) is 5.82 Å². The summed E-state index contributed by atoms with van der Waals surface area (Å²) in [5, 5.41) is 9.52. The Morgan fingerprint density at radius 2 is 1.93 bits per heavy atom. The van der Waals surface area contributed by atoms with Crippen LogP contribution in [-0.4, -0.2) is 44.5 Å². The van der Waals surface area contributed by atoms with Gasteiger partial charge in [0, 0.05) is 0 Å². The Morgan fingerprint density at radius 3 is 2.63 bits per heavy atom. The molecule has 1 spiro atoms. The van der Waals surface area contributed by atoms with Gasteiger partial charge in [-0.05, 0) is 32.3 Å². The minimum Gasteiger partial charge on any atom is -0.344 e. The van der Waals surface area contributed by atoms with Gasteiger partial charge in [-0.15, -0.1) is 0 Å². The van der Waals surface area contributed by atoms with Crippen LogP contribution in [0.2, 0.25) is 0 Å². The number of carbonyl (C=O) groups is 3. The van der Waals surface area contributed by atoms with Gasteiger partial charge in [0.05, 0.1) is 12.5 Å². The molecule has 1 aromatic heterocycles. The molecule has 1 saturated heterocycles. The van der Waals surface area contributed by atoms with Gasteiger partial charge in [-0.3, -0.25) is 9.59 Å². The summed E-state index contributed by atoms with van der Waals surface area (Å²) in [4.78, 5) is 43.4. The molecule has 0 unspecified atom stereocenters. The predicted octanol–water partition coefficient (Wildman–Crippen LogP) is 2.09. The lowest BCUT2D eigenvalue weighted by molar-refractivity contribution is -0.138. The van der Waals surface area contributed by atoms with Gasteiger partial charge < -0.3 is 15.2 Å². The third-order valence-corrected chi connectivity index (χ3v) is 5.85. The molecule has 2 fully saturated rings. The fourth-order valence-corrected chi connectivity index (χ4v) is 4.11. The maximum Gasteiger partial charge on any atom is 0.325 e. The van der Waals surface area contributed by atoms with Gasteiger partial charge in [-0.2, -0.15) is 4.98 Å². The Balaban J connectivity index is 1.39. The lowest BCUT2D eigenvalue weighted by Crippen LogP contribution is -2.50. The average molecular weight is 411 g/mol. The molecule has 1 aliphatic carbocycles. The molecule has 1 aliphatic heterocycles. The van der Waals surface area contributed by atoms with Crippen molar-refractivity contribution in [3.8, 4) is 0 Å². The standard InChI is InChI=1S/C21H25N5O4/c1-13(17-23-16(30-25-17)12-15-8-4-3-5-9-15)22-18(27)14(2)26-19(28)21(24-20(26)29)10-6-7-11-21/h3-5,8-9,13-14H,6-7,10-12H2,1-2H3,(H,22,27)(H,24,29)/t13-,14+/m1/s1. The number of hydrogen-bond donors (Lipinski definition) is 2. The van der Waals surface area contributed by atoms with Crippen LogP contribution >= 0.6 is 0 Å². The maximum absolute atomic E-state index is 12.8. The Morgan fingerprint density at radius 1 is 1.23 bits per heavy atom. The van der Waals surface area contributed by atoms with Crippen LogP contribution in [0.15, 0.2) is 34.9 Å². The van der Waals surface area contributed by atoms with E-state index in [9.17, 15) is 14.4 Å². The first kappa shape index (κ1) is 20.1. The third kappa shape index (κ3) is 3.67. The monoisotopic (exact) mass is 411 g/mol. The number of amides is 4. The Hall–Kier alpha value is -3.23. The molecule has 0 bridgehead atoms. The Labute approximate surface area is 174 Å². The first-order valence-corrected chi connectivity index (χ1v) is 10.2. The summed E-state index contributed by atoms with van der Waals surface area (Å²) in [5.41, 5.74) is 0.203. The molecule has 1 saturated carbocycles. The molecule has 2 atom stereocenters. The fraction of sp³-hybridized carbons (Fsp3) is 0.476. The van der Waals surface area contributed by atoms with Gasteiger partial charge in [0.25, 0.3) is 5.91 Å². The van der Waals surface area contributed by atoms with Crippen LogP contribution in [0.3, 0.4) is 0 Å². The van der Waals surface area contributed by atoms with Gasteiger partial charge in [0.1, 0.15) is 11.6 Å². The zero-order valence-corrected chi connectivity index (χ0v) is 17.1. The van der Waals surface area contributed by atoms with E-state index < -0.39 is 29.6 Å². The number of carbonyl (C=O) groups excluding carboxylic acids is 3. The molecule has 9 nitrogen and oxygen atoms in total. The highest BCUT2D eigenvalue weighted by Gasteiger charge is 2.54. The van der Waals surface area contributed by atoms with Crippen molar-refractivity contribution < 1.29 is 18.9 Å². The average Bonchev–Trinajstić information content (AvgIpc) is 3.44. The van der Waals surface area contributed by atoms with Gasteiger partial charge in [-0.1, -0.05) is 48.3 Å². The molecule has 30 heavy (non-hydrogen) atoms. The molecule has 158 valence electrons. The highest BCUT2D eigenvalue weighted by Crippen LogP contribution is 2.35. The lowest BCUT2D eigenvalue weighted by atomic mass is 9.97. The second kappa shape index (κ2) is 7.89. The van der Waals surface area contributed by atoms with Crippen molar-refractivity contribution in [1.29, 1.82) is 0 Å². The number of nitrogens with one attached hydrogen (secondary N) is 2. The summed E-state index contributed by atoms with van der Waals surface area (Å²) >= 11 is 0. The summed E-state index contributed by atoms with van der Waals surface area (Å²) in [6.45, 7) is 3.27. The van der Waals surface area contributed by atoms with Crippen LogP contribution in [-0.2, 0) is 16.0 Å². The fourth-order valence-electron chi connectivity index (χ4n) is 4.11. The summed E-state index contributed by atoms with van der Waals surface area (Å²) in [5.74, 6) is 0.0223. The number of hydrogen-bond acceptors (Lipinski definition) is 6. The maximum atomic E-state index is 12.8. The largest absolute Gasteiger partial charge is 0.344 e. The molecule has 9 heteroatoms. The molecule has 0 radical (unpaired) electrons. The van der Waals surface area contributed by atoms with Crippen molar-refractivity contribution in [3.05, 3.63) is 47.6 Å². The van der Waals surface area contributed by atoms with E-state index in [0.717, 1.165) is 23.3 Å². The lowest BCUT2D eigenvalue weighted by Gasteiger charge is -2.24. The van der Waals surface area contributed by atoms with E-state index >= 15 is 0 Å². The minimum atomic E-state index is -0.935.